The highest BCUT2D eigenvalue weighted by atomic mass is 32.2. The van der Waals surface area contributed by atoms with Crippen molar-refractivity contribution in [2.45, 2.75) is 43.0 Å². The number of amides is 1. The van der Waals surface area contributed by atoms with E-state index in [1.807, 2.05) is 23.9 Å². The largest absolute Gasteiger partial charge is 0.333 e. The summed E-state index contributed by atoms with van der Waals surface area (Å²) in [6.45, 7) is 0. The maximum Gasteiger partial charge on any atom is 0.255 e. The van der Waals surface area contributed by atoms with E-state index in [4.69, 9.17) is 0 Å². The molecule has 1 aromatic rings. The van der Waals surface area contributed by atoms with Gasteiger partial charge in [0.25, 0.3) is 5.91 Å². The van der Waals surface area contributed by atoms with Crippen LogP contribution < -0.4 is 0 Å². The van der Waals surface area contributed by atoms with Gasteiger partial charge in [0.05, 0.1) is 5.56 Å². The fourth-order valence-electron chi connectivity index (χ4n) is 3.29. The molecule has 3 atom stereocenters. The predicted octanol–water partition coefficient (Wildman–Crippen LogP) is 2.58. The van der Waals surface area contributed by atoms with Gasteiger partial charge < -0.3 is 4.90 Å². The Morgan fingerprint density at radius 3 is 2.67 bits per heavy atom. The van der Waals surface area contributed by atoms with Gasteiger partial charge in [-0.2, -0.15) is 11.8 Å². The molecule has 3 nitrogen and oxygen atoms in total. The number of carbonyl (C=O) groups excluding carboxylic acids is 1. The van der Waals surface area contributed by atoms with E-state index in [1.54, 1.807) is 12.4 Å². The van der Waals surface area contributed by atoms with Crippen molar-refractivity contribution < 1.29 is 4.79 Å². The smallest absolute Gasteiger partial charge is 0.255 e. The first-order valence-electron chi connectivity index (χ1n) is 6.55. The number of pyridine rings is 1. The third-order valence-corrected chi connectivity index (χ3v) is 5.22. The topological polar surface area (TPSA) is 33.2 Å². The number of aromatic nitrogens is 1. The minimum absolute atomic E-state index is 0.176. The zero-order valence-corrected chi connectivity index (χ0v) is 11.4. The van der Waals surface area contributed by atoms with Gasteiger partial charge in [-0.25, -0.2) is 0 Å². The molecule has 2 fully saturated rings. The van der Waals surface area contributed by atoms with E-state index in [0.717, 1.165) is 23.7 Å². The van der Waals surface area contributed by atoms with Crippen molar-refractivity contribution in [3.63, 3.8) is 0 Å². The number of fused-ring (bicyclic) bond motifs is 2. The van der Waals surface area contributed by atoms with Crippen LogP contribution in [0, 0.1) is 0 Å². The molecule has 1 amide bonds. The van der Waals surface area contributed by atoms with Gasteiger partial charge in [-0.3, -0.25) is 9.78 Å². The van der Waals surface area contributed by atoms with Gasteiger partial charge in [0, 0.05) is 29.7 Å². The second-order valence-electron chi connectivity index (χ2n) is 5.17. The van der Waals surface area contributed by atoms with Crippen LogP contribution in [0.1, 0.15) is 36.0 Å². The normalized spacial score (nSPS) is 30.5. The average molecular weight is 262 g/mol. The lowest BCUT2D eigenvalue weighted by Gasteiger charge is -2.38. The van der Waals surface area contributed by atoms with E-state index in [1.165, 1.54) is 12.8 Å². The lowest BCUT2D eigenvalue weighted by Crippen LogP contribution is -2.47. The molecular formula is C14H18N2OS. The Bertz CT molecular complexity index is 423. The van der Waals surface area contributed by atoms with Gasteiger partial charge >= 0.3 is 0 Å². The zero-order valence-electron chi connectivity index (χ0n) is 10.6. The first kappa shape index (κ1) is 12.0. The summed E-state index contributed by atoms with van der Waals surface area (Å²) < 4.78 is 0. The van der Waals surface area contributed by atoms with Crippen LogP contribution in [0.25, 0.3) is 0 Å². The van der Waals surface area contributed by atoms with E-state index >= 15 is 0 Å². The highest BCUT2D eigenvalue weighted by Crippen LogP contribution is 2.40. The standard InChI is InChI=1S/C14H18N2OS/c1-18-13-7-11-4-5-12(8-13)16(11)14(17)10-3-2-6-15-9-10/h2-3,6,9,11-13H,4-5,7-8H2,1H3/t11-,12+,13?. The molecule has 2 aliphatic rings. The van der Waals surface area contributed by atoms with E-state index in [9.17, 15) is 4.79 Å². The second kappa shape index (κ2) is 4.92. The highest BCUT2D eigenvalue weighted by Gasteiger charge is 2.43. The van der Waals surface area contributed by atoms with E-state index < -0.39 is 0 Å². The molecule has 2 aliphatic heterocycles. The Morgan fingerprint density at radius 1 is 1.39 bits per heavy atom. The number of piperidine rings is 1. The summed E-state index contributed by atoms with van der Waals surface area (Å²) in [6, 6.07) is 4.61. The van der Waals surface area contributed by atoms with Crippen molar-refractivity contribution >= 4 is 17.7 Å². The summed E-state index contributed by atoms with van der Waals surface area (Å²) in [6.07, 6.45) is 10.2. The molecule has 96 valence electrons. The average Bonchev–Trinajstić information content (AvgIpc) is 2.69. The summed E-state index contributed by atoms with van der Waals surface area (Å²) in [5, 5.41) is 0.737. The molecule has 0 spiro atoms. The first-order chi connectivity index (χ1) is 8.79. The minimum Gasteiger partial charge on any atom is -0.333 e. The molecule has 0 N–H and O–H groups in total. The third kappa shape index (κ3) is 2.03. The first-order valence-corrected chi connectivity index (χ1v) is 7.84. The maximum absolute atomic E-state index is 12.5. The second-order valence-corrected chi connectivity index (χ2v) is 6.31. The van der Waals surface area contributed by atoms with Crippen LogP contribution in [0.3, 0.4) is 0 Å². The highest BCUT2D eigenvalue weighted by molar-refractivity contribution is 7.99. The van der Waals surface area contributed by atoms with Gasteiger partial charge in [-0.1, -0.05) is 0 Å². The van der Waals surface area contributed by atoms with Crippen molar-refractivity contribution in [1.29, 1.82) is 0 Å². The molecule has 2 saturated heterocycles. The SMILES string of the molecule is CSC1C[C@H]2CC[C@@H](C1)N2C(=O)c1cccnc1. The van der Waals surface area contributed by atoms with Crippen LogP contribution >= 0.6 is 11.8 Å². The fraction of sp³-hybridized carbons (Fsp3) is 0.571. The molecule has 4 heteroatoms. The minimum atomic E-state index is 0.176. The van der Waals surface area contributed by atoms with Crippen LogP contribution in [0.2, 0.25) is 0 Å². The molecule has 0 aliphatic carbocycles. The molecule has 0 radical (unpaired) electrons. The Hall–Kier alpha value is -1.03. The summed E-state index contributed by atoms with van der Waals surface area (Å²) >= 11 is 1.95. The van der Waals surface area contributed by atoms with E-state index in [0.29, 0.717) is 12.1 Å². The Kier molecular flexibility index (Phi) is 3.29. The van der Waals surface area contributed by atoms with Crippen LogP contribution in [0.15, 0.2) is 24.5 Å². The van der Waals surface area contributed by atoms with Crippen molar-refractivity contribution in [1.82, 2.24) is 9.88 Å². The molecular weight excluding hydrogens is 244 g/mol. The summed E-state index contributed by atoms with van der Waals surface area (Å²) in [7, 11) is 0. The molecule has 2 bridgehead atoms. The fourth-order valence-corrected chi connectivity index (χ4v) is 4.12. The number of thioether (sulfide) groups is 1. The molecule has 1 aromatic heterocycles. The van der Waals surface area contributed by atoms with Gasteiger partial charge in [-0.05, 0) is 44.1 Å². The molecule has 1 unspecified atom stereocenters. The summed E-state index contributed by atoms with van der Waals surface area (Å²) in [5.41, 5.74) is 0.733. The van der Waals surface area contributed by atoms with Crippen molar-refractivity contribution in [3.05, 3.63) is 30.1 Å². The van der Waals surface area contributed by atoms with Gasteiger partial charge in [0.1, 0.15) is 0 Å². The lowest BCUT2D eigenvalue weighted by molar-refractivity contribution is 0.0601. The Labute approximate surface area is 112 Å². The lowest BCUT2D eigenvalue weighted by atomic mass is 10.0. The number of hydrogen-bond acceptors (Lipinski definition) is 3. The third-order valence-electron chi connectivity index (χ3n) is 4.17. The quantitative estimate of drug-likeness (QED) is 0.821. The van der Waals surface area contributed by atoms with Gasteiger partial charge in [0.15, 0.2) is 0 Å². The molecule has 18 heavy (non-hydrogen) atoms. The van der Waals surface area contributed by atoms with E-state index in [2.05, 4.69) is 16.1 Å². The molecule has 3 rings (SSSR count). The molecule has 0 aromatic carbocycles. The van der Waals surface area contributed by atoms with Crippen molar-refractivity contribution in [2.24, 2.45) is 0 Å². The molecule has 0 saturated carbocycles. The van der Waals surface area contributed by atoms with Crippen LogP contribution in [-0.2, 0) is 0 Å². The van der Waals surface area contributed by atoms with Gasteiger partial charge in [-0.15, -0.1) is 0 Å². The van der Waals surface area contributed by atoms with Crippen LogP contribution in [-0.4, -0.2) is 39.4 Å². The number of nitrogens with zero attached hydrogens (tertiary/aromatic N) is 2. The molecule has 3 heterocycles. The monoisotopic (exact) mass is 262 g/mol. The van der Waals surface area contributed by atoms with Crippen LogP contribution in [0.4, 0.5) is 0 Å². The Morgan fingerprint density at radius 2 is 2.11 bits per heavy atom. The summed E-state index contributed by atoms with van der Waals surface area (Å²) in [5.74, 6) is 0.176. The number of rotatable bonds is 2. The number of hydrogen-bond donors (Lipinski definition) is 0. The number of carbonyl (C=O) groups is 1. The summed E-state index contributed by atoms with van der Waals surface area (Å²) in [4.78, 5) is 18.7. The van der Waals surface area contributed by atoms with Crippen LogP contribution in [0.5, 0.6) is 0 Å². The van der Waals surface area contributed by atoms with Gasteiger partial charge in [0.2, 0.25) is 0 Å². The maximum atomic E-state index is 12.5. The predicted molar refractivity (Wildman–Crippen MR) is 73.8 cm³/mol. The van der Waals surface area contributed by atoms with E-state index in [-0.39, 0.29) is 5.91 Å². The Balaban J connectivity index is 1.80. The zero-order chi connectivity index (χ0) is 12.5. The van der Waals surface area contributed by atoms with Crippen molar-refractivity contribution in [3.8, 4) is 0 Å². The van der Waals surface area contributed by atoms with Crippen molar-refractivity contribution in [2.75, 3.05) is 6.26 Å².